The van der Waals surface area contributed by atoms with E-state index in [1.165, 1.54) is 6.20 Å². The second-order valence-electron chi connectivity index (χ2n) is 4.83. The monoisotopic (exact) mass is 287 g/mol. The molecule has 0 atom stereocenters. The van der Waals surface area contributed by atoms with Gasteiger partial charge in [0.05, 0.1) is 36.9 Å². The first-order valence-corrected chi connectivity index (χ1v) is 6.81. The molecule has 0 unspecified atom stereocenters. The van der Waals surface area contributed by atoms with E-state index in [2.05, 4.69) is 20.1 Å². The zero-order valence-electron chi connectivity index (χ0n) is 11.8. The van der Waals surface area contributed by atoms with Crippen molar-refractivity contribution >= 4 is 17.4 Å². The lowest BCUT2D eigenvalue weighted by molar-refractivity contribution is 0.0993. The first-order chi connectivity index (χ1) is 10.3. The molecule has 1 N–H and O–H groups in total. The summed E-state index contributed by atoms with van der Waals surface area (Å²) in [5.41, 5.74) is 1.27. The van der Waals surface area contributed by atoms with E-state index in [0.29, 0.717) is 5.56 Å². The Labute approximate surface area is 122 Å². The minimum absolute atomic E-state index is 0.121. The highest BCUT2D eigenvalue weighted by molar-refractivity contribution is 6.05. The highest BCUT2D eigenvalue weighted by Gasteiger charge is 2.16. The van der Waals surface area contributed by atoms with Gasteiger partial charge < -0.3 is 14.5 Å². The molecule has 1 amide bonds. The smallest absolute Gasteiger partial charge is 0.261 e. The van der Waals surface area contributed by atoms with Gasteiger partial charge in [0.25, 0.3) is 5.91 Å². The molecule has 3 rings (SSSR count). The van der Waals surface area contributed by atoms with Gasteiger partial charge in [-0.25, -0.2) is 4.98 Å². The number of rotatable bonds is 3. The fourth-order valence-electron chi connectivity index (χ4n) is 2.23. The number of aromatic nitrogens is 3. The van der Waals surface area contributed by atoms with Gasteiger partial charge in [-0.15, -0.1) is 0 Å². The SMILES string of the molecule is CN(C(=O)c1cn[nH]c1)c1ccc(N2CCOCC2)nc1. The van der Waals surface area contributed by atoms with Crippen molar-refractivity contribution in [2.24, 2.45) is 0 Å². The number of nitrogens with one attached hydrogen (secondary N) is 1. The molecule has 1 aliphatic rings. The van der Waals surface area contributed by atoms with Gasteiger partial charge in [-0.3, -0.25) is 9.89 Å². The zero-order chi connectivity index (χ0) is 14.7. The predicted octanol–water partition coefficient (Wildman–Crippen LogP) is 0.918. The summed E-state index contributed by atoms with van der Waals surface area (Å²) in [4.78, 5) is 20.4. The number of amides is 1. The van der Waals surface area contributed by atoms with E-state index in [9.17, 15) is 4.79 Å². The van der Waals surface area contributed by atoms with Crippen molar-refractivity contribution in [1.29, 1.82) is 0 Å². The molecular weight excluding hydrogens is 270 g/mol. The Morgan fingerprint density at radius 2 is 2.14 bits per heavy atom. The lowest BCUT2D eigenvalue weighted by atomic mass is 10.3. The molecule has 7 heteroatoms. The standard InChI is InChI=1S/C14H17N5O2/c1-18(14(20)11-8-16-17-9-11)12-2-3-13(15-10-12)19-4-6-21-7-5-19/h2-3,8-10H,4-7H2,1H3,(H,16,17). The summed E-state index contributed by atoms with van der Waals surface area (Å²) >= 11 is 0. The van der Waals surface area contributed by atoms with E-state index in [1.54, 1.807) is 24.3 Å². The van der Waals surface area contributed by atoms with Gasteiger partial charge in [0.1, 0.15) is 5.82 Å². The van der Waals surface area contributed by atoms with Crippen LogP contribution in [0.2, 0.25) is 0 Å². The molecule has 1 saturated heterocycles. The highest BCUT2D eigenvalue weighted by atomic mass is 16.5. The van der Waals surface area contributed by atoms with Crippen LogP contribution in [0.4, 0.5) is 11.5 Å². The Morgan fingerprint density at radius 3 is 2.76 bits per heavy atom. The maximum Gasteiger partial charge on any atom is 0.261 e. The van der Waals surface area contributed by atoms with Crippen molar-refractivity contribution in [1.82, 2.24) is 15.2 Å². The first kappa shape index (κ1) is 13.6. The number of morpholine rings is 1. The maximum absolute atomic E-state index is 12.2. The number of aromatic amines is 1. The number of ether oxygens (including phenoxy) is 1. The topological polar surface area (TPSA) is 74.4 Å². The van der Waals surface area contributed by atoms with Gasteiger partial charge in [0, 0.05) is 26.3 Å². The van der Waals surface area contributed by atoms with Gasteiger partial charge in [-0.2, -0.15) is 5.10 Å². The second kappa shape index (κ2) is 5.92. The predicted molar refractivity (Wildman–Crippen MR) is 78.6 cm³/mol. The van der Waals surface area contributed by atoms with Crippen LogP contribution in [0.5, 0.6) is 0 Å². The summed E-state index contributed by atoms with van der Waals surface area (Å²) in [5.74, 6) is 0.788. The maximum atomic E-state index is 12.2. The molecular formula is C14H17N5O2. The largest absolute Gasteiger partial charge is 0.378 e. The molecule has 0 spiro atoms. The van der Waals surface area contributed by atoms with Crippen LogP contribution in [-0.4, -0.2) is 54.4 Å². The van der Waals surface area contributed by atoms with Gasteiger partial charge in [-0.1, -0.05) is 0 Å². The molecule has 3 heterocycles. The van der Waals surface area contributed by atoms with Crippen molar-refractivity contribution in [3.63, 3.8) is 0 Å². The van der Waals surface area contributed by atoms with Crippen molar-refractivity contribution < 1.29 is 9.53 Å². The number of pyridine rings is 1. The molecule has 21 heavy (non-hydrogen) atoms. The van der Waals surface area contributed by atoms with Gasteiger partial charge >= 0.3 is 0 Å². The van der Waals surface area contributed by atoms with Crippen LogP contribution in [0.15, 0.2) is 30.7 Å². The summed E-state index contributed by atoms with van der Waals surface area (Å²) in [6.45, 7) is 3.14. The van der Waals surface area contributed by atoms with E-state index < -0.39 is 0 Å². The van der Waals surface area contributed by atoms with E-state index in [-0.39, 0.29) is 5.91 Å². The van der Waals surface area contributed by atoms with Crippen molar-refractivity contribution in [2.75, 3.05) is 43.2 Å². The van der Waals surface area contributed by atoms with Crippen molar-refractivity contribution in [3.05, 3.63) is 36.3 Å². The van der Waals surface area contributed by atoms with Gasteiger partial charge in [0.15, 0.2) is 0 Å². The van der Waals surface area contributed by atoms with Crippen LogP contribution in [0.3, 0.4) is 0 Å². The minimum atomic E-state index is -0.121. The van der Waals surface area contributed by atoms with E-state index in [4.69, 9.17) is 4.74 Å². The molecule has 0 saturated carbocycles. The summed E-state index contributed by atoms with van der Waals surface area (Å²) in [7, 11) is 1.72. The number of carbonyl (C=O) groups excluding carboxylic acids is 1. The van der Waals surface area contributed by atoms with Crippen molar-refractivity contribution in [2.45, 2.75) is 0 Å². The third-order valence-corrected chi connectivity index (χ3v) is 3.50. The zero-order valence-corrected chi connectivity index (χ0v) is 11.8. The third-order valence-electron chi connectivity index (χ3n) is 3.50. The van der Waals surface area contributed by atoms with Crippen molar-refractivity contribution in [3.8, 4) is 0 Å². The molecule has 0 aromatic carbocycles. The fraction of sp³-hybridized carbons (Fsp3) is 0.357. The first-order valence-electron chi connectivity index (χ1n) is 6.81. The van der Waals surface area contributed by atoms with E-state index >= 15 is 0 Å². The number of hydrogen-bond acceptors (Lipinski definition) is 5. The summed E-state index contributed by atoms with van der Waals surface area (Å²) in [6.07, 6.45) is 4.80. The molecule has 110 valence electrons. The van der Waals surface area contributed by atoms with Crippen LogP contribution in [0.25, 0.3) is 0 Å². The summed E-state index contributed by atoms with van der Waals surface area (Å²) in [5, 5.41) is 6.43. The van der Waals surface area contributed by atoms with Crippen LogP contribution in [-0.2, 0) is 4.74 Å². The normalized spacial score (nSPS) is 15.0. The van der Waals surface area contributed by atoms with Crippen LogP contribution >= 0.6 is 0 Å². The summed E-state index contributed by atoms with van der Waals surface area (Å²) < 4.78 is 5.32. The molecule has 2 aromatic heterocycles. The molecule has 0 aliphatic carbocycles. The Balaban J connectivity index is 1.72. The average molecular weight is 287 g/mol. The Kier molecular flexibility index (Phi) is 3.83. The Hall–Kier alpha value is -2.41. The Morgan fingerprint density at radius 1 is 1.33 bits per heavy atom. The van der Waals surface area contributed by atoms with Gasteiger partial charge in [0.2, 0.25) is 0 Å². The average Bonchev–Trinajstić information content (AvgIpc) is 3.09. The molecule has 0 bridgehead atoms. The van der Waals surface area contributed by atoms with Crippen LogP contribution in [0, 0.1) is 0 Å². The minimum Gasteiger partial charge on any atom is -0.378 e. The van der Waals surface area contributed by atoms with E-state index in [0.717, 1.165) is 37.8 Å². The lowest BCUT2D eigenvalue weighted by Crippen LogP contribution is -2.36. The molecule has 0 radical (unpaired) electrons. The Bertz CT molecular complexity index is 590. The second-order valence-corrected chi connectivity index (χ2v) is 4.83. The number of nitrogens with zero attached hydrogens (tertiary/aromatic N) is 4. The number of anilines is 2. The highest BCUT2D eigenvalue weighted by Crippen LogP contribution is 2.19. The molecule has 2 aromatic rings. The summed E-state index contributed by atoms with van der Waals surface area (Å²) in [6, 6.07) is 3.83. The van der Waals surface area contributed by atoms with Crippen LogP contribution in [0.1, 0.15) is 10.4 Å². The quantitative estimate of drug-likeness (QED) is 0.908. The van der Waals surface area contributed by atoms with E-state index in [1.807, 2.05) is 12.1 Å². The molecule has 7 nitrogen and oxygen atoms in total. The third kappa shape index (κ3) is 2.87. The number of H-pyrrole nitrogens is 1. The molecule has 1 fully saturated rings. The lowest BCUT2D eigenvalue weighted by Gasteiger charge is -2.28. The number of hydrogen-bond donors (Lipinski definition) is 1. The molecule has 1 aliphatic heterocycles. The fourth-order valence-corrected chi connectivity index (χ4v) is 2.23. The van der Waals surface area contributed by atoms with Crippen LogP contribution < -0.4 is 9.80 Å². The van der Waals surface area contributed by atoms with Gasteiger partial charge in [-0.05, 0) is 12.1 Å². The number of carbonyl (C=O) groups is 1.